The van der Waals surface area contributed by atoms with Crippen molar-refractivity contribution in [1.29, 1.82) is 0 Å². The molecule has 0 bridgehead atoms. The zero-order valence-corrected chi connectivity index (χ0v) is 8.88. The second kappa shape index (κ2) is 4.13. The molecular weight excluding hydrogens is 186 g/mol. The molecule has 1 heterocycles. The van der Waals surface area contributed by atoms with Crippen LogP contribution in [-0.2, 0) is 9.59 Å². The highest BCUT2D eigenvalue weighted by Crippen LogP contribution is 2.25. The van der Waals surface area contributed by atoms with Gasteiger partial charge < -0.3 is 0 Å². The number of carbonyl (C=O) groups excluding carboxylic acids is 2. The van der Waals surface area contributed by atoms with Crippen LogP contribution in [0.25, 0.3) is 0 Å². The van der Waals surface area contributed by atoms with Crippen molar-refractivity contribution in [2.75, 3.05) is 12.3 Å². The fourth-order valence-corrected chi connectivity index (χ4v) is 1.62. The van der Waals surface area contributed by atoms with Gasteiger partial charge in [-0.25, -0.2) is 0 Å². The predicted molar refractivity (Wildman–Crippen MR) is 53.5 cm³/mol. The van der Waals surface area contributed by atoms with E-state index in [-0.39, 0.29) is 23.7 Å². The van der Waals surface area contributed by atoms with Crippen molar-refractivity contribution < 1.29 is 9.59 Å². The van der Waals surface area contributed by atoms with Gasteiger partial charge in [0.05, 0.1) is 0 Å². The third kappa shape index (κ3) is 1.88. The van der Waals surface area contributed by atoms with Gasteiger partial charge in [0, 0.05) is 18.4 Å². The van der Waals surface area contributed by atoms with Gasteiger partial charge >= 0.3 is 0 Å². The van der Waals surface area contributed by atoms with Crippen molar-refractivity contribution in [3.8, 4) is 0 Å². The van der Waals surface area contributed by atoms with Gasteiger partial charge in [-0.15, -0.1) is 0 Å². The summed E-state index contributed by atoms with van der Waals surface area (Å²) in [5.74, 6) is 0.359. The largest absolute Gasteiger partial charge is 0.282 e. The Bertz CT molecular complexity index is 210. The second-order valence-electron chi connectivity index (χ2n) is 3.48. The molecule has 74 valence electrons. The van der Waals surface area contributed by atoms with Gasteiger partial charge in [-0.3, -0.25) is 14.5 Å². The normalized spacial score (nSPS) is 28.7. The number of nitrogens with zero attached hydrogens (tertiary/aromatic N) is 1. The highest BCUT2D eigenvalue weighted by atomic mass is 32.1. The van der Waals surface area contributed by atoms with Crippen LogP contribution in [-0.4, -0.2) is 29.0 Å². The van der Waals surface area contributed by atoms with E-state index >= 15 is 0 Å². The molecule has 0 aromatic heterocycles. The summed E-state index contributed by atoms with van der Waals surface area (Å²) in [6.07, 6.45) is 0.778. The topological polar surface area (TPSA) is 37.4 Å². The smallest absolute Gasteiger partial charge is 0.232 e. The molecule has 0 saturated carbocycles. The van der Waals surface area contributed by atoms with Gasteiger partial charge in [0.25, 0.3) is 0 Å². The summed E-state index contributed by atoms with van der Waals surface area (Å²) >= 11 is 4.05. The van der Waals surface area contributed by atoms with E-state index in [1.807, 2.05) is 13.8 Å². The molecule has 2 atom stereocenters. The van der Waals surface area contributed by atoms with Crippen LogP contribution in [0, 0.1) is 11.8 Å². The van der Waals surface area contributed by atoms with Crippen LogP contribution in [0.1, 0.15) is 20.3 Å². The van der Waals surface area contributed by atoms with Crippen molar-refractivity contribution in [3.63, 3.8) is 0 Å². The molecule has 1 rings (SSSR count). The molecule has 13 heavy (non-hydrogen) atoms. The van der Waals surface area contributed by atoms with Crippen LogP contribution in [0.3, 0.4) is 0 Å². The maximum absolute atomic E-state index is 11.5. The summed E-state index contributed by atoms with van der Waals surface area (Å²) in [5.41, 5.74) is 0. The van der Waals surface area contributed by atoms with Gasteiger partial charge in [0.1, 0.15) is 0 Å². The molecule has 0 N–H and O–H groups in total. The van der Waals surface area contributed by atoms with E-state index < -0.39 is 0 Å². The monoisotopic (exact) mass is 201 g/mol. The van der Waals surface area contributed by atoms with Crippen molar-refractivity contribution in [1.82, 2.24) is 4.90 Å². The van der Waals surface area contributed by atoms with Gasteiger partial charge in [-0.2, -0.15) is 12.6 Å². The van der Waals surface area contributed by atoms with Gasteiger partial charge in [-0.05, 0) is 12.2 Å². The third-order valence-corrected chi connectivity index (χ3v) is 2.92. The lowest BCUT2D eigenvalue weighted by Crippen LogP contribution is -2.32. The molecule has 2 unspecified atom stereocenters. The van der Waals surface area contributed by atoms with Crippen LogP contribution in [0.4, 0.5) is 0 Å². The quantitative estimate of drug-likeness (QED) is 0.545. The summed E-state index contributed by atoms with van der Waals surface area (Å²) < 4.78 is 0. The summed E-state index contributed by atoms with van der Waals surface area (Å²) in [5, 5.41) is 0. The van der Waals surface area contributed by atoms with E-state index in [0.29, 0.717) is 12.3 Å². The minimum absolute atomic E-state index is 0.0284. The predicted octanol–water partition coefficient (Wildman–Crippen LogP) is 0.947. The Balaban J connectivity index is 2.64. The Hall–Kier alpha value is -0.510. The molecule has 0 radical (unpaired) electrons. The van der Waals surface area contributed by atoms with Gasteiger partial charge in [0.15, 0.2) is 0 Å². The Morgan fingerprint density at radius 1 is 1.23 bits per heavy atom. The van der Waals surface area contributed by atoms with E-state index in [2.05, 4.69) is 12.6 Å². The average molecular weight is 201 g/mol. The minimum atomic E-state index is -0.146. The summed E-state index contributed by atoms with van der Waals surface area (Å²) in [6, 6.07) is 0. The van der Waals surface area contributed by atoms with E-state index in [0.717, 1.165) is 6.42 Å². The molecular formula is C9H15NO2S. The second-order valence-corrected chi connectivity index (χ2v) is 3.93. The van der Waals surface area contributed by atoms with E-state index in [9.17, 15) is 9.59 Å². The van der Waals surface area contributed by atoms with Crippen molar-refractivity contribution >= 4 is 24.4 Å². The molecule has 4 heteroatoms. The average Bonchev–Trinajstić information content (AvgIpc) is 2.30. The Kier molecular flexibility index (Phi) is 3.36. The Morgan fingerprint density at radius 2 is 1.69 bits per heavy atom. The number of hydrogen-bond acceptors (Lipinski definition) is 3. The molecule has 0 aromatic carbocycles. The first kappa shape index (κ1) is 10.6. The number of rotatable bonds is 3. The zero-order valence-electron chi connectivity index (χ0n) is 7.99. The minimum Gasteiger partial charge on any atom is -0.282 e. The molecule has 0 aromatic rings. The van der Waals surface area contributed by atoms with E-state index in [1.165, 1.54) is 4.90 Å². The van der Waals surface area contributed by atoms with Crippen LogP contribution >= 0.6 is 12.6 Å². The number of amides is 2. The maximum Gasteiger partial charge on any atom is 0.232 e. The molecule has 2 amide bonds. The molecule has 3 nitrogen and oxygen atoms in total. The number of hydrogen-bond donors (Lipinski definition) is 1. The fraction of sp³-hybridized carbons (Fsp3) is 0.778. The van der Waals surface area contributed by atoms with Crippen LogP contribution in [0.5, 0.6) is 0 Å². The van der Waals surface area contributed by atoms with E-state index in [1.54, 1.807) is 0 Å². The first-order valence-corrected chi connectivity index (χ1v) is 5.19. The van der Waals surface area contributed by atoms with Gasteiger partial charge in [0.2, 0.25) is 11.8 Å². The van der Waals surface area contributed by atoms with Crippen molar-refractivity contribution in [2.45, 2.75) is 20.3 Å². The van der Waals surface area contributed by atoms with Crippen molar-refractivity contribution in [3.05, 3.63) is 0 Å². The lowest BCUT2D eigenvalue weighted by atomic mass is 10.00. The lowest BCUT2D eigenvalue weighted by Gasteiger charge is -2.12. The molecule has 1 aliphatic rings. The van der Waals surface area contributed by atoms with E-state index in [4.69, 9.17) is 0 Å². The molecule has 1 saturated heterocycles. The number of imide groups is 1. The lowest BCUT2D eigenvalue weighted by molar-refractivity contribution is -0.139. The molecule has 1 fully saturated rings. The van der Waals surface area contributed by atoms with Crippen molar-refractivity contribution in [2.24, 2.45) is 11.8 Å². The third-order valence-electron chi connectivity index (χ3n) is 2.60. The molecule has 0 aliphatic carbocycles. The first-order valence-electron chi connectivity index (χ1n) is 4.55. The Labute approximate surface area is 83.9 Å². The standard InChI is InChI=1S/C9H15NO2S/c1-6-7(2)9(12)10(8(6)11)4-3-5-13/h6-7,13H,3-5H2,1-2H3. The summed E-state index contributed by atoms with van der Waals surface area (Å²) in [7, 11) is 0. The highest BCUT2D eigenvalue weighted by Gasteiger charge is 2.41. The maximum atomic E-state index is 11.5. The summed E-state index contributed by atoms with van der Waals surface area (Å²) in [6.45, 7) is 4.15. The number of carbonyl (C=O) groups is 2. The molecule has 1 aliphatic heterocycles. The number of thiol groups is 1. The first-order chi connectivity index (χ1) is 6.09. The highest BCUT2D eigenvalue weighted by molar-refractivity contribution is 7.80. The SMILES string of the molecule is CC1C(=O)N(CCCS)C(=O)C1C. The fourth-order valence-electron chi connectivity index (χ4n) is 1.48. The Morgan fingerprint density at radius 3 is 2.08 bits per heavy atom. The molecule has 0 spiro atoms. The van der Waals surface area contributed by atoms with Gasteiger partial charge in [-0.1, -0.05) is 13.8 Å². The van der Waals surface area contributed by atoms with Crippen LogP contribution < -0.4 is 0 Å². The van der Waals surface area contributed by atoms with Crippen LogP contribution in [0.2, 0.25) is 0 Å². The number of likely N-dealkylation sites (tertiary alicyclic amines) is 1. The van der Waals surface area contributed by atoms with Crippen LogP contribution in [0.15, 0.2) is 0 Å². The zero-order chi connectivity index (χ0) is 10.0. The summed E-state index contributed by atoms with van der Waals surface area (Å²) in [4.78, 5) is 24.4.